The molecule has 0 aliphatic heterocycles. The van der Waals surface area contributed by atoms with Crippen LogP contribution in [-0.4, -0.2) is 4.98 Å². The highest BCUT2D eigenvalue weighted by Gasteiger charge is 2.11. The van der Waals surface area contributed by atoms with Crippen LogP contribution in [0.4, 0.5) is 4.39 Å². The largest absolute Gasteiger partial charge is 0.488 e. The first kappa shape index (κ1) is 14.0. The third kappa shape index (κ3) is 3.11. The van der Waals surface area contributed by atoms with E-state index in [2.05, 4.69) is 4.98 Å². The molecule has 1 heterocycles. The standard InChI is InChI=1S/C15H14FN3O/c1-10(18)13-7-12(16)4-5-15(13)20-9-11-3-2-6-19-14(11)8-17/h2-7,10H,9,18H2,1H3. The average Bonchev–Trinajstić information content (AvgIpc) is 2.46. The van der Waals surface area contributed by atoms with E-state index >= 15 is 0 Å². The Morgan fingerprint density at radius 2 is 2.25 bits per heavy atom. The first-order valence-electron chi connectivity index (χ1n) is 6.13. The molecule has 0 aliphatic rings. The summed E-state index contributed by atoms with van der Waals surface area (Å²) in [6.45, 7) is 1.94. The second-order valence-electron chi connectivity index (χ2n) is 4.38. The molecule has 0 saturated carbocycles. The highest BCUT2D eigenvalue weighted by atomic mass is 19.1. The van der Waals surface area contributed by atoms with Crippen LogP contribution in [0.1, 0.15) is 29.8 Å². The lowest BCUT2D eigenvalue weighted by atomic mass is 10.1. The van der Waals surface area contributed by atoms with Crippen LogP contribution in [0.2, 0.25) is 0 Å². The first-order chi connectivity index (χ1) is 9.61. The minimum atomic E-state index is -0.358. The van der Waals surface area contributed by atoms with Crippen molar-refractivity contribution in [3.63, 3.8) is 0 Å². The Bertz CT molecular complexity index is 650. The Kier molecular flexibility index (Phi) is 4.28. The molecule has 1 aromatic carbocycles. The Hall–Kier alpha value is -2.45. The van der Waals surface area contributed by atoms with Gasteiger partial charge in [-0.2, -0.15) is 5.26 Å². The number of nitrogens with two attached hydrogens (primary N) is 1. The van der Waals surface area contributed by atoms with Gasteiger partial charge in [0.05, 0.1) is 0 Å². The van der Waals surface area contributed by atoms with Gasteiger partial charge in [0.25, 0.3) is 0 Å². The molecular formula is C15H14FN3O. The molecule has 5 heteroatoms. The fourth-order valence-corrected chi connectivity index (χ4v) is 1.82. The van der Waals surface area contributed by atoms with Crippen molar-refractivity contribution in [1.82, 2.24) is 4.98 Å². The van der Waals surface area contributed by atoms with Gasteiger partial charge in [0, 0.05) is 23.4 Å². The number of ether oxygens (including phenoxy) is 1. The third-order valence-corrected chi connectivity index (χ3v) is 2.84. The quantitative estimate of drug-likeness (QED) is 0.928. The van der Waals surface area contributed by atoms with Crippen LogP contribution in [0.25, 0.3) is 0 Å². The minimum Gasteiger partial charge on any atom is -0.488 e. The molecule has 0 spiro atoms. The predicted octanol–water partition coefficient (Wildman–Crippen LogP) is 2.69. The van der Waals surface area contributed by atoms with Crippen LogP contribution in [0, 0.1) is 17.1 Å². The van der Waals surface area contributed by atoms with Crippen LogP contribution < -0.4 is 10.5 Å². The summed E-state index contributed by atoms with van der Waals surface area (Å²) in [6.07, 6.45) is 1.55. The second-order valence-corrected chi connectivity index (χ2v) is 4.38. The summed E-state index contributed by atoms with van der Waals surface area (Å²) in [5, 5.41) is 8.96. The van der Waals surface area contributed by atoms with E-state index in [0.29, 0.717) is 22.6 Å². The van der Waals surface area contributed by atoms with Crippen LogP contribution >= 0.6 is 0 Å². The molecule has 0 bridgehead atoms. The second kappa shape index (κ2) is 6.13. The smallest absolute Gasteiger partial charge is 0.147 e. The number of hydrogen-bond donors (Lipinski definition) is 1. The molecule has 0 fully saturated rings. The summed E-state index contributed by atoms with van der Waals surface area (Å²) in [4.78, 5) is 3.96. The molecule has 102 valence electrons. The van der Waals surface area contributed by atoms with E-state index in [1.165, 1.54) is 18.2 Å². The summed E-state index contributed by atoms with van der Waals surface area (Å²) in [5.74, 6) is 0.151. The SMILES string of the molecule is CC(N)c1cc(F)ccc1OCc1cccnc1C#N. The van der Waals surface area contributed by atoms with E-state index in [4.69, 9.17) is 15.7 Å². The molecule has 1 unspecified atom stereocenters. The van der Waals surface area contributed by atoms with Gasteiger partial charge in [-0.05, 0) is 31.2 Å². The Morgan fingerprint density at radius 1 is 1.45 bits per heavy atom. The minimum absolute atomic E-state index is 0.183. The van der Waals surface area contributed by atoms with E-state index in [0.717, 1.165) is 0 Å². The van der Waals surface area contributed by atoms with Gasteiger partial charge < -0.3 is 10.5 Å². The molecule has 0 aliphatic carbocycles. The number of nitriles is 1. The van der Waals surface area contributed by atoms with Crippen LogP contribution in [0.5, 0.6) is 5.75 Å². The van der Waals surface area contributed by atoms with Crippen molar-refractivity contribution in [2.24, 2.45) is 5.73 Å². The number of rotatable bonds is 4. The van der Waals surface area contributed by atoms with E-state index in [-0.39, 0.29) is 18.5 Å². The third-order valence-electron chi connectivity index (χ3n) is 2.84. The van der Waals surface area contributed by atoms with Crippen LogP contribution in [0.15, 0.2) is 36.5 Å². The van der Waals surface area contributed by atoms with E-state index in [9.17, 15) is 4.39 Å². The van der Waals surface area contributed by atoms with E-state index in [1.807, 2.05) is 6.07 Å². The van der Waals surface area contributed by atoms with Crippen LogP contribution in [0.3, 0.4) is 0 Å². The zero-order chi connectivity index (χ0) is 14.5. The molecule has 1 aromatic heterocycles. The highest BCUT2D eigenvalue weighted by Crippen LogP contribution is 2.25. The summed E-state index contributed by atoms with van der Waals surface area (Å²) < 4.78 is 18.9. The highest BCUT2D eigenvalue weighted by molar-refractivity contribution is 5.37. The molecule has 0 amide bonds. The van der Waals surface area contributed by atoms with Crippen molar-refractivity contribution < 1.29 is 9.13 Å². The van der Waals surface area contributed by atoms with Gasteiger partial charge in [-0.3, -0.25) is 0 Å². The summed E-state index contributed by atoms with van der Waals surface area (Å²) in [5.41, 5.74) is 7.38. The number of pyridine rings is 1. The predicted molar refractivity (Wildman–Crippen MR) is 72.3 cm³/mol. The van der Waals surface area contributed by atoms with Gasteiger partial charge in [-0.1, -0.05) is 6.07 Å². The number of hydrogen-bond acceptors (Lipinski definition) is 4. The summed E-state index contributed by atoms with van der Waals surface area (Å²) in [7, 11) is 0. The lowest BCUT2D eigenvalue weighted by Crippen LogP contribution is -2.09. The van der Waals surface area contributed by atoms with Crippen LogP contribution in [-0.2, 0) is 6.61 Å². The van der Waals surface area contributed by atoms with Crippen molar-refractivity contribution >= 4 is 0 Å². The monoisotopic (exact) mass is 271 g/mol. The normalized spacial score (nSPS) is 11.7. The lowest BCUT2D eigenvalue weighted by Gasteiger charge is -2.14. The number of aromatic nitrogens is 1. The molecule has 2 aromatic rings. The van der Waals surface area contributed by atoms with Crippen molar-refractivity contribution in [2.45, 2.75) is 19.6 Å². The zero-order valence-electron chi connectivity index (χ0n) is 11.0. The maximum atomic E-state index is 13.2. The topological polar surface area (TPSA) is 71.9 Å². The fourth-order valence-electron chi connectivity index (χ4n) is 1.82. The van der Waals surface area contributed by atoms with Crippen molar-refractivity contribution in [3.8, 4) is 11.8 Å². The number of benzene rings is 1. The fraction of sp³-hybridized carbons (Fsp3) is 0.200. The van der Waals surface area contributed by atoms with Gasteiger partial charge in [0.15, 0.2) is 0 Å². The molecule has 0 saturated heterocycles. The molecular weight excluding hydrogens is 257 g/mol. The van der Waals surface area contributed by atoms with Gasteiger partial charge in [0.2, 0.25) is 0 Å². The summed E-state index contributed by atoms with van der Waals surface area (Å²) in [6, 6.07) is 9.37. The van der Waals surface area contributed by atoms with E-state index < -0.39 is 0 Å². The Labute approximate surface area is 116 Å². The molecule has 0 radical (unpaired) electrons. The molecule has 20 heavy (non-hydrogen) atoms. The molecule has 2 N–H and O–H groups in total. The molecule has 4 nitrogen and oxygen atoms in total. The first-order valence-corrected chi connectivity index (χ1v) is 6.13. The molecule has 2 rings (SSSR count). The maximum Gasteiger partial charge on any atom is 0.147 e. The van der Waals surface area contributed by atoms with Gasteiger partial charge in [-0.25, -0.2) is 9.37 Å². The number of nitrogens with zero attached hydrogens (tertiary/aromatic N) is 2. The lowest BCUT2D eigenvalue weighted by molar-refractivity contribution is 0.300. The Morgan fingerprint density at radius 3 is 2.95 bits per heavy atom. The van der Waals surface area contributed by atoms with Crippen molar-refractivity contribution in [2.75, 3.05) is 0 Å². The zero-order valence-corrected chi connectivity index (χ0v) is 11.0. The number of halogens is 1. The van der Waals surface area contributed by atoms with E-state index in [1.54, 1.807) is 25.3 Å². The van der Waals surface area contributed by atoms with Gasteiger partial charge in [0.1, 0.15) is 29.9 Å². The maximum absolute atomic E-state index is 13.2. The van der Waals surface area contributed by atoms with Crippen molar-refractivity contribution in [3.05, 3.63) is 59.2 Å². The average molecular weight is 271 g/mol. The molecule has 1 atom stereocenters. The summed E-state index contributed by atoms with van der Waals surface area (Å²) >= 11 is 0. The van der Waals surface area contributed by atoms with Gasteiger partial charge >= 0.3 is 0 Å². The van der Waals surface area contributed by atoms with Crippen molar-refractivity contribution in [1.29, 1.82) is 5.26 Å². The Balaban J connectivity index is 2.21. The van der Waals surface area contributed by atoms with Gasteiger partial charge in [-0.15, -0.1) is 0 Å².